The van der Waals surface area contributed by atoms with Crippen molar-refractivity contribution in [1.82, 2.24) is 9.59 Å². The number of aromatic nitrogens is 2. The van der Waals surface area contributed by atoms with E-state index in [9.17, 15) is 14.7 Å². The topological polar surface area (TPSA) is 104 Å². The second-order valence-corrected chi connectivity index (χ2v) is 4.74. The van der Waals surface area contributed by atoms with Crippen molar-refractivity contribution in [3.05, 3.63) is 34.8 Å². The zero-order chi connectivity index (χ0) is 14.7. The van der Waals surface area contributed by atoms with Gasteiger partial charge in [-0.15, -0.1) is 5.10 Å². The molecule has 1 aromatic heterocycles. The summed E-state index contributed by atoms with van der Waals surface area (Å²) in [6.07, 6.45) is 0. The number of rotatable bonds is 4. The number of carbonyl (C=O) groups excluding carboxylic acids is 1. The van der Waals surface area contributed by atoms with Gasteiger partial charge in [0.25, 0.3) is 5.91 Å². The maximum Gasteiger partial charge on any atom is 0.323 e. The standard InChI is InChI=1S/C12H11N3O4S/c1-7-11(20-14-13-7)12(19)15(6-10(17)18)8-2-4-9(16)5-3-8/h2-5,16H,6H2,1H3,(H,17,18). The van der Waals surface area contributed by atoms with Crippen molar-refractivity contribution in [2.45, 2.75) is 6.92 Å². The molecule has 1 aromatic carbocycles. The van der Waals surface area contributed by atoms with Gasteiger partial charge in [-0.25, -0.2) is 0 Å². The van der Waals surface area contributed by atoms with Gasteiger partial charge in [0.1, 0.15) is 17.2 Å². The molecular weight excluding hydrogens is 282 g/mol. The zero-order valence-corrected chi connectivity index (χ0v) is 11.3. The minimum atomic E-state index is -1.14. The van der Waals surface area contributed by atoms with Crippen LogP contribution in [0.5, 0.6) is 5.75 Å². The molecule has 8 heteroatoms. The molecule has 0 aliphatic carbocycles. The van der Waals surface area contributed by atoms with Crippen molar-refractivity contribution < 1.29 is 19.8 Å². The highest BCUT2D eigenvalue weighted by molar-refractivity contribution is 7.08. The summed E-state index contributed by atoms with van der Waals surface area (Å²) >= 11 is 0.916. The maximum absolute atomic E-state index is 12.4. The Labute approximate surface area is 118 Å². The summed E-state index contributed by atoms with van der Waals surface area (Å²) in [5.41, 5.74) is 0.831. The number of aryl methyl sites for hydroxylation is 1. The SMILES string of the molecule is Cc1nnsc1C(=O)N(CC(=O)O)c1ccc(O)cc1. The lowest BCUT2D eigenvalue weighted by Gasteiger charge is -2.20. The molecule has 0 aliphatic heterocycles. The number of benzene rings is 1. The number of hydrogen-bond acceptors (Lipinski definition) is 6. The predicted molar refractivity (Wildman–Crippen MR) is 72.1 cm³/mol. The number of hydrogen-bond donors (Lipinski definition) is 2. The summed E-state index contributed by atoms with van der Waals surface area (Å²) in [7, 11) is 0. The van der Waals surface area contributed by atoms with Crippen LogP contribution in [0.2, 0.25) is 0 Å². The highest BCUT2D eigenvalue weighted by atomic mass is 32.1. The molecule has 0 saturated heterocycles. The number of amides is 1. The van der Waals surface area contributed by atoms with Crippen LogP contribution in [0.25, 0.3) is 0 Å². The van der Waals surface area contributed by atoms with Gasteiger partial charge in [-0.1, -0.05) is 4.49 Å². The van der Waals surface area contributed by atoms with E-state index in [0.717, 1.165) is 16.4 Å². The summed E-state index contributed by atoms with van der Waals surface area (Å²) in [6, 6.07) is 5.71. The van der Waals surface area contributed by atoms with E-state index in [1.165, 1.54) is 24.3 Å². The minimum absolute atomic E-state index is 0.0344. The second-order valence-electron chi connectivity index (χ2n) is 3.99. The van der Waals surface area contributed by atoms with Gasteiger partial charge in [-0.2, -0.15) is 0 Å². The first-order chi connectivity index (χ1) is 9.49. The summed E-state index contributed by atoms with van der Waals surface area (Å²) in [6.45, 7) is 1.15. The molecule has 0 atom stereocenters. The lowest BCUT2D eigenvalue weighted by Crippen LogP contribution is -2.35. The Morgan fingerprint density at radius 1 is 1.30 bits per heavy atom. The number of carbonyl (C=O) groups is 2. The van der Waals surface area contributed by atoms with Crippen LogP contribution in [0.3, 0.4) is 0 Å². The van der Waals surface area contributed by atoms with Crippen LogP contribution in [-0.2, 0) is 4.79 Å². The molecule has 0 aliphatic rings. The number of aliphatic carboxylic acids is 1. The van der Waals surface area contributed by atoms with E-state index in [1.807, 2.05) is 0 Å². The normalized spacial score (nSPS) is 10.2. The molecule has 7 nitrogen and oxygen atoms in total. The smallest absolute Gasteiger partial charge is 0.323 e. The fourth-order valence-electron chi connectivity index (χ4n) is 1.60. The number of phenols is 1. The van der Waals surface area contributed by atoms with Crippen molar-refractivity contribution in [2.24, 2.45) is 0 Å². The van der Waals surface area contributed by atoms with Gasteiger partial charge in [0.15, 0.2) is 0 Å². The third-order valence-electron chi connectivity index (χ3n) is 2.55. The molecule has 0 unspecified atom stereocenters. The first kappa shape index (κ1) is 13.9. The second kappa shape index (κ2) is 5.66. The van der Waals surface area contributed by atoms with E-state index >= 15 is 0 Å². The molecule has 0 saturated carbocycles. The average Bonchev–Trinajstić information content (AvgIpc) is 2.82. The molecule has 1 amide bonds. The van der Waals surface area contributed by atoms with Gasteiger partial charge in [0, 0.05) is 5.69 Å². The largest absolute Gasteiger partial charge is 0.508 e. The quantitative estimate of drug-likeness (QED) is 0.880. The van der Waals surface area contributed by atoms with E-state index in [1.54, 1.807) is 6.92 Å². The van der Waals surface area contributed by atoms with E-state index in [2.05, 4.69) is 9.59 Å². The summed E-state index contributed by atoms with van der Waals surface area (Å²) in [5.74, 6) is -1.58. The average molecular weight is 293 g/mol. The van der Waals surface area contributed by atoms with Crippen molar-refractivity contribution in [3.63, 3.8) is 0 Å². The van der Waals surface area contributed by atoms with E-state index in [0.29, 0.717) is 16.3 Å². The third-order valence-corrected chi connectivity index (χ3v) is 3.36. The fraction of sp³-hybridized carbons (Fsp3) is 0.167. The van der Waals surface area contributed by atoms with Crippen molar-refractivity contribution in [1.29, 1.82) is 0 Å². The molecular formula is C12H11N3O4S. The predicted octanol–water partition coefficient (Wildman–Crippen LogP) is 1.28. The maximum atomic E-state index is 12.4. The number of phenolic OH excluding ortho intramolecular Hbond substituents is 1. The van der Waals surface area contributed by atoms with Gasteiger partial charge >= 0.3 is 5.97 Å². The Balaban J connectivity index is 2.37. The summed E-state index contributed by atoms with van der Waals surface area (Å²) in [5, 5.41) is 21.9. The summed E-state index contributed by atoms with van der Waals surface area (Å²) in [4.78, 5) is 24.7. The third kappa shape index (κ3) is 2.91. The van der Waals surface area contributed by atoms with Crippen molar-refractivity contribution in [2.75, 3.05) is 11.4 Å². The number of aromatic hydroxyl groups is 1. The first-order valence-electron chi connectivity index (χ1n) is 5.60. The highest BCUT2D eigenvalue weighted by Crippen LogP contribution is 2.22. The van der Waals surface area contributed by atoms with Gasteiger partial charge < -0.3 is 10.2 Å². The monoisotopic (exact) mass is 293 g/mol. The van der Waals surface area contributed by atoms with Gasteiger partial charge in [0.05, 0.1) is 5.69 Å². The Morgan fingerprint density at radius 3 is 2.45 bits per heavy atom. The van der Waals surface area contributed by atoms with Crippen molar-refractivity contribution >= 4 is 29.1 Å². The molecule has 1 heterocycles. The molecule has 0 fully saturated rings. The van der Waals surface area contributed by atoms with Crippen LogP contribution >= 0.6 is 11.5 Å². The van der Waals surface area contributed by atoms with E-state index in [4.69, 9.17) is 5.11 Å². The minimum Gasteiger partial charge on any atom is -0.508 e. The number of nitrogens with zero attached hydrogens (tertiary/aromatic N) is 3. The molecule has 0 spiro atoms. The van der Waals surface area contributed by atoms with Gasteiger partial charge in [0.2, 0.25) is 0 Å². The molecule has 20 heavy (non-hydrogen) atoms. The molecule has 2 aromatic rings. The molecule has 2 N–H and O–H groups in total. The first-order valence-corrected chi connectivity index (χ1v) is 6.38. The van der Waals surface area contributed by atoms with Crippen LogP contribution in [0.4, 0.5) is 5.69 Å². The molecule has 2 rings (SSSR count). The lowest BCUT2D eigenvalue weighted by molar-refractivity contribution is -0.135. The fourth-order valence-corrected chi connectivity index (χ4v) is 2.20. The number of carboxylic acid groups (broad SMARTS) is 1. The number of carboxylic acids is 1. The Morgan fingerprint density at radius 2 is 1.95 bits per heavy atom. The van der Waals surface area contributed by atoms with Gasteiger partial charge in [-0.3, -0.25) is 14.5 Å². The molecule has 104 valence electrons. The van der Waals surface area contributed by atoms with E-state index in [-0.39, 0.29) is 5.75 Å². The van der Waals surface area contributed by atoms with Gasteiger partial charge in [-0.05, 0) is 42.7 Å². The summed E-state index contributed by atoms with van der Waals surface area (Å²) < 4.78 is 3.67. The molecule has 0 radical (unpaired) electrons. The Bertz CT molecular complexity index is 638. The number of anilines is 1. The van der Waals surface area contributed by atoms with Crippen LogP contribution in [0, 0.1) is 6.92 Å². The van der Waals surface area contributed by atoms with E-state index < -0.39 is 18.4 Å². The van der Waals surface area contributed by atoms with Crippen LogP contribution in [0.15, 0.2) is 24.3 Å². The Hall–Kier alpha value is -2.48. The zero-order valence-electron chi connectivity index (χ0n) is 10.5. The van der Waals surface area contributed by atoms with Crippen LogP contribution in [0.1, 0.15) is 15.4 Å². The highest BCUT2D eigenvalue weighted by Gasteiger charge is 2.24. The van der Waals surface area contributed by atoms with Crippen LogP contribution < -0.4 is 4.90 Å². The Kier molecular flexibility index (Phi) is 3.94. The lowest BCUT2D eigenvalue weighted by atomic mass is 10.2. The van der Waals surface area contributed by atoms with Crippen molar-refractivity contribution in [3.8, 4) is 5.75 Å². The van der Waals surface area contributed by atoms with Crippen LogP contribution in [-0.4, -0.2) is 38.2 Å². The molecule has 0 bridgehead atoms.